The van der Waals surface area contributed by atoms with Gasteiger partial charge in [0.1, 0.15) is 11.2 Å². The van der Waals surface area contributed by atoms with E-state index in [1.165, 1.54) is 7.11 Å². The zero-order valence-corrected chi connectivity index (χ0v) is 11.6. The normalized spacial score (nSPS) is 24.6. The summed E-state index contributed by atoms with van der Waals surface area (Å²) < 4.78 is 4.64. The summed E-state index contributed by atoms with van der Waals surface area (Å²) >= 11 is 0. The molecule has 0 aromatic heterocycles. The Morgan fingerprint density at radius 3 is 1.85 bits per heavy atom. The fourth-order valence-corrected chi connectivity index (χ4v) is 2.93. The van der Waals surface area contributed by atoms with Crippen molar-refractivity contribution in [3.05, 3.63) is 0 Å². The number of hydrogen-bond acceptors (Lipinski definition) is 5. The predicted octanol–water partition coefficient (Wildman–Crippen LogP) is 1.23. The third-order valence-corrected chi connectivity index (χ3v) is 4.88. The first-order valence-electron chi connectivity index (χ1n) is 7.16. The summed E-state index contributed by atoms with van der Waals surface area (Å²) in [6.45, 7) is 0. The molecule has 5 heteroatoms. The van der Waals surface area contributed by atoms with E-state index in [4.69, 9.17) is 0 Å². The molecule has 0 unspecified atom stereocenters. The highest BCUT2D eigenvalue weighted by Gasteiger charge is 2.62. The summed E-state index contributed by atoms with van der Waals surface area (Å²) in [5.41, 5.74) is -1.98. The fourth-order valence-electron chi connectivity index (χ4n) is 2.93. The van der Waals surface area contributed by atoms with E-state index >= 15 is 0 Å². The molecule has 3 aliphatic carbocycles. The number of ketones is 3. The molecule has 0 aromatic rings. The van der Waals surface area contributed by atoms with Gasteiger partial charge in [-0.05, 0) is 38.5 Å². The van der Waals surface area contributed by atoms with Crippen LogP contribution in [0.15, 0.2) is 0 Å². The van der Waals surface area contributed by atoms with Gasteiger partial charge in [-0.15, -0.1) is 0 Å². The smallest absolute Gasteiger partial charge is 0.319 e. The van der Waals surface area contributed by atoms with E-state index in [9.17, 15) is 19.2 Å². The van der Waals surface area contributed by atoms with Gasteiger partial charge in [0.2, 0.25) is 0 Å². The maximum atomic E-state index is 12.3. The molecule has 0 amide bonds. The first-order chi connectivity index (χ1) is 9.46. The Balaban J connectivity index is 1.66. The van der Waals surface area contributed by atoms with Crippen LogP contribution in [0.5, 0.6) is 0 Å². The number of ether oxygens (including phenoxy) is 1. The van der Waals surface area contributed by atoms with E-state index < -0.39 is 16.8 Å². The van der Waals surface area contributed by atoms with Crippen LogP contribution in [-0.2, 0) is 23.9 Å². The average molecular weight is 278 g/mol. The highest BCUT2D eigenvalue weighted by atomic mass is 16.5. The van der Waals surface area contributed by atoms with Gasteiger partial charge >= 0.3 is 5.97 Å². The number of Topliss-reactive ketones (excluding diaryl/α,β-unsaturated/α-hetero) is 3. The third kappa shape index (κ3) is 1.91. The van der Waals surface area contributed by atoms with Crippen molar-refractivity contribution in [2.75, 3.05) is 7.11 Å². The lowest BCUT2D eigenvalue weighted by Gasteiger charge is -2.15. The standard InChI is InChI=1S/C15H18O5/c1-20-13(19)15(6-7-15)11(17)8-10(16)14(4-5-14)12(18)9-2-3-9/h9H,2-8H2,1H3. The summed E-state index contributed by atoms with van der Waals surface area (Å²) in [5.74, 6) is -1.14. The molecular weight excluding hydrogens is 260 g/mol. The van der Waals surface area contributed by atoms with Crippen LogP contribution in [0.25, 0.3) is 0 Å². The molecule has 5 nitrogen and oxygen atoms in total. The number of carbonyl (C=O) groups excluding carboxylic acids is 4. The van der Waals surface area contributed by atoms with Gasteiger partial charge in [0.25, 0.3) is 0 Å². The number of esters is 1. The molecule has 3 fully saturated rings. The van der Waals surface area contributed by atoms with Crippen LogP contribution in [0.2, 0.25) is 0 Å². The van der Waals surface area contributed by atoms with E-state index in [1.807, 2.05) is 0 Å². The van der Waals surface area contributed by atoms with E-state index in [0.29, 0.717) is 25.7 Å². The summed E-state index contributed by atoms with van der Waals surface area (Å²) in [7, 11) is 1.25. The van der Waals surface area contributed by atoms with Gasteiger partial charge in [-0.25, -0.2) is 0 Å². The molecule has 0 saturated heterocycles. The molecular formula is C15H18O5. The predicted molar refractivity (Wildman–Crippen MR) is 67.7 cm³/mol. The van der Waals surface area contributed by atoms with Crippen LogP contribution < -0.4 is 0 Å². The third-order valence-electron chi connectivity index (χ3n) is 4.88. The average Bonchev–Trinajstić information content (AvgIpc) is 3.32. The summed E-state index contributed by atoms with van der Waals surface area (Å²) in [5, 5.41) is 0. The molecule has 20 heavy (non-hydrogen) atoms. The van der Waals surface area contributed by atoms with Crippen molar-refractivity contribution in [1.82, 2.24) is 0 Å². The number of hydrogen-bond donors (Lipinski definition) is 0. The first-order valence-corrected chi connectivity index (χ1v) is 7.16. The summed E-state index contributed by atoms with van der Waals surface area (Å²) in [6.07, 6.45) is 3.49. The second kappa shape index (κ2) is 4.24. The van der Waals surface area contributed by atoms with Crippen LogP contribution in [0.3, 0.4) is 0 Å². The Hall–Kier alpha value is -1.52. The summed E-state index contributed by atoms with van der Waals surface area (Å²) in [6, 6.07) is 0. The lowest BCUT2D eigenvalue weighted by atomic mass is 9.86. The van der Waals surface area contributed by atoms with Crippen molar-refractivity contribution in [3.63, 3.8) is 0 Å². The van der Waals surface area contributed by atoms with Gasteiger partial charge in [-0.1, -0.05) is 0 Å². The zero-order chi connectivity index (χ0) is 14.5. The van der Waals surface area contributed by atoms with Crippen LogP contribution in [0.1, 0.15) is 44.9 Å². The van der Waals surface area contributed by atoms with E-state index in [-0.39, 0.29) is 29.7 Å². The molecule has 0 spiro atoms. The maximum Gasteiger partial charge on any atom is 0.319 e. The Kier molecular flexibility index (Phi) is 2.85. The topological polar surface area (TPSA) is 77.5 Å². The molecule has 0 aliphatic heterocycles. The molecule has 0 N–H and O–H groups in total. The van der Waals surface area contributed by atoms with Crippen LogP contribution in [0.4, 0.5) is 0 Å². The minimum Gasteiger partial charge on any atom is -0.468 e. The lowest BCUT2D eigenvalue weighted by Crippen LogP contribution is -2.34. The van der Waals surface area contributed by atoms with Gasteiger partial charge in [-0.2, -0.15) is 0 Å². The van der Waals surface area contributed by atoms with E-state index in [0.717, 1.165) is 12.8 Å². The van der Waals surface area contributed by atoms with Crippen molar-refractivity contribution >= 4 is 23.3 Å². The molecule has 3 rings (SSSR count). The number of rotatable bonds is 7. The van der Waals surface area contributed by atoms with Crippen LogP contribution in [0, 0.1) is 16.7 Å². The Morgan fingerprint density at radius 2 is 1.45 bits per heavy atom. The Labute approximate surface area is 117 Å². The molecule has 0 radical (unpaired) electrons. The van der Waals surface area contributed by atoms with Crippen molar-refractivity contribution < 1.29 is 23.9 Å². The van der Waals surface area contributed by atoms with Crippen molar-refractivity contribution in [3.8, 4) is 0 Å². The second-order valence-electron chi connectivity index (χ2n) is 6.32. The van der Waals surface area contributed by atoms with Gasteiger partial charge in [0.15, 0.2) is 11.6 Å². The highest BCUT2D eigenvalue weighted by Crippen LogP contribution is 2.55. The van der Waals surface area contributed by atoms with Crippen molar-refractivity contribution in [2.24, 2.45) is 16.7 Å². The molecule has 0 heterocycles. The zero-order valence-electron chi connectivity index (χ0n) is 11.6. The minimum atomic E-state index is -1.09. The van der Waals surface area contributed by atoms with Crippen molar-refractivity contribution in [2.45, 2.75) is 44.9 Å². The van der Waals surface area contributed by atoms with Crippen molar-refractivity contribution in [1.29, 1.82) is 0 Å². The quantitative estimate of drug-likeness (QED) is 0.517. The van der Waals surface area contributed by atoms with E-state index in [1.54, 1.807) is 0 Å². The molecule has 0 bridgehead atoms. The molecule has 3 saturated carbocycles. The summed E-state index contributed by atoms with van der Waals surface area (Å²) in [4.78, 5) is 48.2. The van der Waals surface area contributed by atoms with E-state index in [2.05, 4.69) is 4.74 Å². The van der Waals surface area contributed by atoms with Gasteiger partial charge < -0.3 is 4.74 Å². The molecule has 0 atom stereocenters. The van der Waals surface area contributed by atoms with Gasteiger partial charge in [0.05, 0.1) is 18.9 Å². The van der Waals surface area contributed by atoms with Crippen LogP contribution in [-0.4, -0.2) is 30.4 Å². The SMILES string of the molecule is COC(=O)C1(C(=O)CC(=O)C2(C(=O)C3CC3)CC2)CC1. The maximum absolute atomic E-state index is 12.3. The van der Waals surface area contributed by atoms with Crippen LogP contribution >= 0.6 is 0 Å². The monoisotopic (exact) mass is 278 g/mol. The second-order valence-corrected chi connectivity index (χ2v) is 6.32. The fraction of sp³-hybridized carbons (Fsp3) is 0.733. The Morgan fingerprint density at radius 1 is 0.950 bits per heavy atom. The Bertz CT molecular complexity index is 506. The first kappa shape index (κ1) is 13.5. The number of carbonyl (C=O) groups is 4. The number of methoxy groups -OCH3 is 1. The lowest BCUT2D eigenvalue weighted by molar-refractivity contribution is -0.151. The molecule has 0 aromatic carbocycles. The largest absolute Gasteiger partial charge is 0.468 e. The molecule has 3 aliphatic rings. The minimum absolute atomic E-state index is 0.0261. The highest BCUT2D eigenvalue weighted by molar-refractivity contribution is 6.20. The van der Waals surface area contributed by atoms with Gasteiger partial charge in [-0.3, -0.25) is 19.2 Å². The van der Waals surface area contributed by atoms with Gasteiger partial charge in [0, 0.05) is 5.92 Å². The molecule has 108 valence electrons.